The van der Waals surface area contributed by atoms with Gasteiger partial charge in [0, 0.05) is 0 Å². The quantitative estimate of drug-likeness (QED) is 0.432. The van der Waals surface area contributed by atoms with Crippen LogP contribution in [0.1, 0.15) is 92.4 Å². The van der Waals surface area contributed by atoms with E-state index in [1.807, 2.05) is 0 Å². The number of rotatable bonds is 5. The van der Waals surface area contributed by atoms with Gasteiger partial charge in [0.15, 0.2) is 0 Å². The molecule has 4 aliphatic carbocycles. The Bertz CT molecular complexity index is 724. The molecule has 3 saturated carbocycles. The highest BCUT2D eigenvalue weighted by Crippen LogP contribution is 2.67. The van der Waals surface area contributed by atoms with Crippen molar-refractivity contribution in [2.75, 3.05) is 6.61 Å². The fraction of sp³-hybridized carbons (Fsp3) is 0.929. The van der Waals surface area contributed by atoms with Crippen LogP contribution in [0.3, 0.4) is 0 Å². The van der Waals surface area contributed by atoms with Crippen molar-refractivity contribution < 1.29 is 14.9 Å². The summed E-state index contributed by atoms with van der Waals surface area (Å²) in [5.74, 6) is 3.78. The molecule has 0 aromatic rings. The predicted molar refractivity (Wildman–Crippen MR) is 125 cm³/mol. The molecule has 0 amide bonds. The van der Waals surface area contributed by atoms with Crippen molar-refractivity contribution >= 4 is 0 Å². The molecule has 0 radical (unpaired) electrons. The zero-order chi connectivity index (χ0) is 22.2. The zero-order valence-electron chi connectivity index (χ0n) is 20.6. The van der Waals surface area contributed by atoms with Gasteiger partial charge in [-0.3, -0.25) is 0 Å². The first-order chi connectivity index (χ1) is 14.6. The minimum atomic E-state index is -0.318. The maximum atomic E-state index is 11.3. The van der Waals surface area contributed by atoms with Gasteiger partial charge in [-0.2, -0.15) is 0 Å². The Morgan fingerprint density at radius 1 is 1.03 bits per heavy atom. The van der Waals surface area contributed by atoms with Crippen molar-refractivity contribution in [3.05, 3.63) is 11.6 Å². The second-order valence-electron chi connectivity index (χ2n) is 13.0. The minimum absolute atomic E-state index is 0.172. The molecule has 0 aromatic carbocycles. The van der Waals surface area contributed by atoms with E-state index in [0.717, 1.165) is 37.7 Å². The molecule has 0 spiro atoms. The molecule has 31 heavy (non-hydrogen) atoms. The van der Waals surface area contributed by atoms with Crippen molar-refractivity contribution in [3.63, 3.8) is 0 Å². The number of fused-ring (bicyclic) bond motifs is 5. The van der Waals surface area contributed by atoms with Crippen LogP contribution in [0.25, 0.3) is 0 Å². The summed E-state index contributed by atoms with van der Waals surface area (Å²) in [4.78, 5) is 0. The van der Waals surface area contributed by atoms with Gasteiger partial charge in [0.25, 0.3) is 0 Å². The summed E-state index contributed by atoms with van der Waals surface area (Å²) in [6.07, 6.45) is 12.1. The van der Waals surface area contributed by atoms with Gasteiger partial charge >= 0.3 is 0 Å². The highest BCUT2D eigenvalue weighted by Gasteiger charge is 2.61. The van der Waals surface area contributed by atoms with E-state index in [1.165, 1.54) is 44.1 Å². The van der Waals surface area contributed by atoms with Gasteiger partial charge in [0.1, 0.15) is 0 Å². The fourth-order valence-electron chi connectivity index (χ4n) is 9.14. The van der Waals surface area contributed by atoms with Gasteiger partial charge in [-0.15, -0.1) is 0 Å². The second-order valence-corrected chi connectivity index (χ2v) is 13.0. The van der Waals surface area contributed by atoms with E-state index in [9.17, 15) is 10.2 Å². The van der Waals surface area contributed by atoms with Crippen LogP contribution in [0.5, 0.6) is 0 Å². The summed E-state index contributed by atoms with van der Waals surface area (Å²) in [6.45, 7) is 13.1. The average Bonchev–Trinajstić information content (AvgIpc) is 3.43. The van der Waals surface area contributed by atoms with Gasteiger partial charge in [-0.1, -0.05) is 46.3 Å². The first-order valence-electron chi connectivity index (χ1n) is 13.3. The Kier molecular flexibility index (Phi) is 5.47. The highest BCUT2D eigenvalue weighted by atomic mass is 16.6. The Hall–Kier alpha value is -0.380. The summed E-state index contributed by atoms with van der Waals surface area (Å²) in [7, 11) is 0. The van der Waals surface area contributed by atoms with Crippen LogP contribution in [-0.4, -0.2) is 34.6 Å². The van der Waals surface area contributed by atoms with Crippen molar-refractivity contribution in [2.24, 2.45) is 46.3 Å². The summed E-state index contributed by atoms with van der Waals surface area (Å²) >= 11 is 0. The number of aliphatic hydroxyl groups is 2. The Morgan fingerprint density at radius 3 is 2.45 bits per heavy atom. The number of ether oxygens (including phenoxy) is 1. The molecule has 1 aliphatic heterocycles. The number of hydrogen-bond acceptors (Lipinski definition) is 3. The lowest BCUT2D eigenvalue weighted by Crippen LogP contribution is -2.55. The molecule has 0 aromatic heterocycles. The molecule has 3 nitrogen and oxygen atoms in total. The smallest absolute Gasteiger partial charge is 0.0939 e. The van der Waals surface area contributed by atoms with Crippen LogP contribution >= 0.6 is 0 Å². The molecule has 2 N–H and O–H groups in total. The van der Waals surface area contributed by atoms with Gasteiger partial charge in [0.05, 0.1) is 24.4 Å². The molecular formula is C28H46O3. The molecule has 4 fully saturated rings. The largest absolute Gasteiger partial charge is 0.393 e. The van der Waals surface area contributed by atoms with Crippen molar-refractivity contribution in [1.82, 2.24) is 0 Å². The van der Waals surface area contributed by atoms with Gasteiger partial charge in [-0.25, -0.2) is 0 Å². The number of epoxide rings is 1. The maximum Gasteiger partial charge on any atom is 0.0939 e. The molecule has 176 valence electrons. The minimum Gasteiger partial charge on any atom is -0.393 e. The predicted octanol–water partition coefficient (Wildman–Crippen LogP) is 5.74. The Balaban J connectivity index is 1.34. The lowest BCUT2D eigenvalue weighted by atomic mass is 9.46. The summed E-state index contributed by atoms with van der Waals surface area (Å²) in [5.41, 5.74) is 2.09. The van der Waals surface area contributed by atoms with E-state index >= 15 is 0 Å². The van der Waals surface area contributed by atoms with Gasteiger partial charge in [-0.05, 0) is 104 Å². The fourth-order valence-corrected chi connectivity index (χ4v) is 9.14. The molecule has 5 aliphatic rings. The van der Waals surface area contributed by atoms with Crippen LogP contribution in [0.2, 0.25) is 0 Å². The molecule has 0 bridgehead atoms. The van der Waals surface area contributed by atoms with E-state index in [2.05, 4.69) is 40.7 Å². The van der Waals surface area contributed by atoms with Crippen molar-refractivity contribution in [2.45, 2.75) is 110 Å². The zero-order valence-corrected chi connectivity index (χ0v) is 20.6. The molecule has 1 heterocycles. The molecule has 5 rings (SSSR count). The van der Waals surface area contributed by atoms with Gasteiger partial charge < -0.3 is 14.9 Å². The third kappa shape index (κ3) is 3.39. The lowest BCUT2D eigenvalue weighted by molar-refractivity contribution is -0.0972. The lowest BCUT2D eigenvalue weighted by Gasteiger charge is -2.59. The third-order valence-corrected chi connectivity index (χ3v) is 11.5. The van der Waals surface area contributed by atoms with Crippen LogP contribution in [0.15, 0.2) is 11.6 Å². The summed E-state index contributed by atoms with van der Waals surface area (Å²) in [5, 5.41) is 21.6. The average molecular weight is 431 g/mol. The van der Waals surface area contributed by atoms with E-state index in [4.69, 9.17) is 4.74 Å². The van der Waals surface area contributed by atoms with Crippen LogP contribution < -0.4 is 0 Å². The van der Waals surface area contributed by atoms with Crippen LogP contribution in [-0.2, 0) is 4.74 Å². The van der Waals surface area contributed by atoms with Gasteiger partial charge in [0.2, 0.25) is 0 Å². The SMILES string of the molecule is CC(CCC1(C(C)C)CO1)C1CCC2C3C(O)C=C4CC(O)CCC4(C)C3CCC12C. The first kappa shape index (κ1) is 22.4. The summed E-state index contributed by atoms with van der Waals surface area (Å²) < 4.78 is 5.90. The molecule has 3 heteroatoms. The standard InChI is InChI=1S/C28H46O3/c1-17(2)28(16-31-28)13-8-18(3)21-6-7-22-25-23(10-12-27(21,22)5)26(4)11-9-20(29)14-19(26)15-24(25)30/h15,17-18,20-25,29-30H,6-14,16H2,1-5H3. The topological polar surface area (TPSA) is 53.0 Å². The van der Waals surface area contributed by atoms with E-state index < -0.39 is 0 Å². The van der Waals surface area contributed by atoms with Crippen molar-refractivity contribution in [1.29, 1.82) is 0 Å². The maximum absolute atomic E-state index is 11.3. The number of aliphatic hydroxyl groups excluding tert-OH is 2. The first-order valence-corrected chi connectivity index (χ1v) is 13.3. The number of hydrogen-bond donors (Lipinski definition) is 2. The van der Waals surface area contributed by atoms with E-state index in [-0.39, 0.29) is 23.2 Å². The van der Waals surface area contributed by atoms with E-state index in [0.29, 0.717) is 29.1 Å². The third-order valence-electron chi connectivity index (χ3n) is 11.5. The van der Waals surface area contributed by atoms with E-state index in [1.54, 1.807) is 0 Å². The monoisotopic (exact) mass is 430 g/mol. The normalized spacial score (nSPS) is 52.2. The molecule has 10 atom stereocenters. The summed E-state index contributed by atoms with van der Waals surface area (Å²) in [6, 6.07) is 0. The Labute approximate surface area is 190 Å². The second kappa shape index (κ2) is 7.57. The van der Waals surface area contributed by atoms with Crippen LogP contribution in [0.4, 0.5) is 0 Å². The highest BCUT2D eigenvalue weighted by molar-refractivity contribution is 5.28. The molecule has 1 saturated heterocycles. The molecule has 10 unspecified atom stereocenters. The molecular weight excluding hydrogens is 384 g/mol. The van der Waals surface area contributed by atoms with Crippen molar-refractivity contribution in [3.8, 4) is 0 Å². The Morgan fingerprint density at radius 2 is 1.77 bits per heavy atom. The van der Waals surface area contributed by atoms with Crippen LogP contribution in [0, 0.1) is 46.3 Å².